The van der Waals surface area contributed by atoms with E-state index in [1.54, 1.807) is 6.92 Å². The maximum Gasteiger partial charge on any atom is 0.516 e. The Balaban J connectivity index is 1.33. The second-order valence-corrected chi connectivity index (χ2v) is 7.38. The average molecular weight is 409 g/mol. The van der Waals surface area contributed by atoms with Gasteiger partial charge in [-0.05, 0) is 62.9 Å². The summed E-state index contributed by atoms with van der Waals surface area (Å²) in [5, 5.41) is 4.45. The third-order valence-corrected chi connectivity index (χ3v) is 5.41. The van der Waals surface area contributed by atoms with Crippen molar-refractivity contribution in [2.24, 2.45) is 0 Å². The predicted molar refractivity (Wildman–Crippen MR) is 114 cm³/mol. The first-order chi connectivity index (χ1) is 14.7. The van der Waals surface area contributed by atoms with Crippen LogP contribution in [0.25, 0.3) is 11.0 Å². The zero-order valence-electron chi connectivity index (χ0n) is 17.4. The van der Waals surface area contributed by atoms with Gasteiger partial charge in [-0.1, -0.05) is 30.3 Å². The molecule has 6 heteroatoms. The van der Waals surface area contributed by atoms with E-state index < -0.39 is 6.16 Å². The summed E-state index contributed by atoms with van der Waals surface area (Å²) in [6.45, 7) is 5.27. The van der Waals surface area contributed by atoms with Gasteiger partial charge in [0.2, 0.25) is 0 Å². The Morgan fingerprint density at radius 3 is 2.93 bits per heavy atom. The lowest BCUT2D eigenvalue weighted by Crippen LogP contribution is -2.21. The minimum absolute atomic E-state index is 0.140. The van der Waals surface area contributed by atoms with Gasteiger partial charge in [0.05, 0.1) is 18.6 Å². The van der Waals surface area contributed by atoms with E-state index in [1.165, 1.54) is 11.1 Å². The molecule has 0 saturated carbocycles. The minimum Gasteiger partial charge on any atom is -0.493 e. The maximum absolute atomic E-state index is 11.6. The Morgan fingerprint density at radius 2 is 2.07 bits per heavy atom. The lowest BCUT2D eigenvalue weighted by atomic mass is 10.1. The van der Waals surface area contributed by atoms with Crippen LogP contribution in [-0.2, 0) is 11.2 Å². The zero-order valence-corrected chi connectivity index (χ0v) is 17.4. The summed E-state index contributed by atoms with van der Waals surface area (Å²) >= 11 is 0. The van der Waals surface area contributed by atoms with E-state index >= 15 is 0 Å². The van der Waals surface area contributed by atoms with Crippen molar-refractivity contribution in [2.45, 2.75) is 39.2 Å². The highest BCUT2D eigenvalue weighted by Crippen LogP contribution is 2.37. The molecule has 1 aliphatic carbocycles. The van der Waals surface area contributed by atoms with Crippen molar-refractivity contribution in [1.82, 2.24) is 5.32 Å². The number of carbonyl (C=O) groups is 1. The van der Waals surface area contributed by atoms with E-state index in [0.29, 0.717) is 23.8 Å². The molecule has 158 valence electrons. The van der Waals surface area contributed by atoms with Crippen LogP contribution in [0.3, 0.4) is 0 Å². The largest absolute Gasteiger partial charge is 0.516 e. The van der Waals surface area contributed by atoms with E-state index in [4.69, 9.17) is 18.6 Å². The molecular weight excluding hydrogens is 382 g/mol. The molecule has 6 nitrogen and oxygen atoms in total. The van der Waals surface area contributed by atoms with Crippen LogP contribution in [0.2, 0.25) is 0 Å². The van der Waals surface area contributed by atoms with Gasteiger partial charge in [0.15, 0.2) is 0 Å². The van der Waals surface area contributed by atoms with Crippen molar-refractivity contribution in [2.75, 3.05) is 19.8 Å². The fraction of sp³-hybridized carbons (Fsp3) is 0.375. The number of aryl methyl sites for hydroxylation is 2. The van der Waals surface area contributed by atoms with Gasteiger partial charge in [0.1, 0.15) is 11.3 Å². The van der Waals surface area contributed by atoms with E-state index in [1.807, 2.05) is 25.1 Å². The molecule has 1 atom stereocenters. The van der Waals surface area contributed by atoms with Gasteiger partial charge < -0.3 is 23.9 Å². The first-order valence-corrected chi connectivity index (χ1v) is 10.5. The molecule has 4 rings (SSSR count). The zero-order chi connectivity index (χ0) is 20.9. The smallest absolute Gasteiger partial charge is 0.493 e. The topological polar surface area (TPSA) is 69.9 Å². The quantitative estimate of drug-likeness (QED) is 0.401. The van der Waals surface area contributed by atoms with Crippen LogP contribution in [0.4, 0.5) is 4.79 Å². The van der Waals surface area contributed by atoms with Crippen LogP contribution in [0.15, 0.2) is 46.9 Å². The summed E-state index contributed by atoms with van der Waals surface area (Å²) in [6, 6.07) is 14.7. The van der Waals surface area contributed by atoms with Crippen molar-refractivity contribution in [3.63, 3.8) is 0 Å². The fourth-order valence-electron chi connectivity index (χ4n) is 3.98. The van der Waals surface area contributed by atoms with Crippen molar-refractivity contribution >= 4 is 17.1 Å². The monoisotopic (exact) mass is 409 g/mol. The molecule has 1 aromatic heterocycles. The second kappa shape index (κ2) is 9.22. The summed E-state index contributed by atoms with van der Waals surface area (Å²) in [6.07, 6.45) is 2.40. The van der Waals surface area contributed by atoms with Crippen LogP contribution in [0.1, 0.15) is 42.5 Å². The second-order valence-electron chi connectivity index (χ2n) is 7.38. The van der Waals surface area contributed by atoms with Crippen LogP contribution in [0.5, 0.6) is 11.7 Å². The molecule has 3 aromatic rings. The molecule has 0 amide bonds. The summed E-state index contributed by atoms with van der Waals surface area (Å²) < 4.78 is 21.7. The molecule has 30 heavy (non-hydrogen) atoms. The highest BCUT2D eigenvalue weighted by molar-refractivity contribution is 5.89. The highest BCUT2D eigenvalue weighted by atomic mass is 16.8. The normalized spacial score (nSPS) is 15.2. The summed E-state index contributed by atoms with van der Waals surface area (Å²) in [7, 11) is 0. The van der Waals surface area contributed by atoms with Gasteiger partial charge in [-0.25, -0.2) is 4.79 Å². The summed E-state index contributed by atoms with van der Waals surface area (Å²) in [5.74, 6) is 0.861. The number of furan rings is 1. The van der Waals surface area contributed by atoms with Gasteiger partial charge in [0, 0.05) is 11.6 Å². The average Bonchev–Trinajstić information content (AvgIpc) is 3.30. The minimum atomic E-state index is -0.776. The van der Waals surface area contributed by atoms with Crippen molar-refractivity contribution in [3.05, 3.63) is 59.2 Å². The molecule has 0 bridgehead atoms. The summed E-state index contributed by atoms with van der Waals surface area (Å²) in [4.78, 5) is 11.6. The van der Waals surface area contributed by atoms with E-state index in [2.05, 4.69) is 29.6 Å². The molecular formula is C24H27NO5. The predicted octanol–water partition coefficient (Wildman–Crippen LogP) is 5.32. The number of hydrogen-bond acceptors (Lipinski definition) is 6. The molecule has 0 spiro atoms. The van der Waals surface area contributed by atoms with Crippen molar-refractivity contribution < 1.29 is 23.4 Å². The molecule has 0 fully saturated rings. The number of nitrogens with one attached hydrogen (secondary N) is 1. The number of fused-ring (bicyclic) bond motifs is 2. The SMILES string of the molecule is CCOC(=O)Oc1oc2cccc(OCCCNC3CCc4ccccc43)c2c1C. The number of rotatable bonds is 8. The first kappa shape index (κ1) is 20.3. The van der Waals surface area contributed by atoms with Gasteiger partial charge in [-0.3, -0.25) is 0 Å². The van der Waals surface area contributed by atoms with Crippen LogP contribution in [-0.4, -0.2) is 25.9 Å². The van der Waals surface area contributed by atoms with E-state index in [9.17, 15) is 4.79 Å². The molecule has 0 radical (unpaired) electrons. The number of hydrogen-bond donors (Lipinski definition) is 1. The lowest BCUT2D eigenvalue weighted by molar-refractivity contribution is 0.0953. The molecule has 2 aromatic carbocycles. The highest BCUT2D eigenvalue weighted by Gasteiger charge is 2.21. The van der Waals surface area contributed by atoms with Crippen LogP contribution >= 0.6 is 0 Å². The summed E-state index contributed by atoms with van der Waals surface area (Å²) in [5.41, 5.74) is 4.21. The Hall–Kier alpha value is -2.99. The maximum atomic E-state index is 11.6. The third-order valence-electron chi connectivity index (χ3n) is 5.41. The van der Waals surface area contributed by atoms with Crippen LogP contribution < -0.4 is 14.8 Å². The standard InChI is InChI=1S/C24H27NO5/c1-3-27-24(26)30-23-16(2)22-20(10-6-11-21(22)29-23)28-15-7-14-25-19-13-12-17-8-4-5-9-18(17)19/h4-6,8-11,19,25H,3,7,12-15H2,1-2H3. The molecule has 0 saturated heterocycles. The van der Waals surface area contributed by atoms with Gasteiger partial charge >= 0.3 is 6.16 Å². The van der Waals surface area contributed by atoms with Crippen molar-refractivity contribution in [3.8, 4) is 11.7 Å². The Kier molecular flexibility index (Phi) is 6.23. The molecule has 1 aliphatic rings. The van der Waals surface area contributed by atoms with E-state index in [0.717, 1.165) is 36.9 Å². The first-order valence-electron chi connectivity index (χ1n) is 10.5. The van der Waals surface area contributed by atoms with Crippen LogP contribution in [0, 0.1) is 6.92 Å². The Morgan fingerprint density at radius 1 is 1.20 bits per heavy atom. The third kappa shape index (κ3) is 4.28. The fourth-order valence-corrected chi connectivity index (χ4v) is 3.98. The molecule has 0 aliphatic heterocycles. The van der Waals surface area contributed by atoms with Crippen molar-refractivity contribution in [1.29, 1.82) is 0 Å². The molecule has 1 unspecified atom stereocenters. The van der Waals surface area contributed by atoms with Gasteiger partial charge in [0.25, 0.3) is 5.95 Å². The molecule has 1 heterocycles. The molecule has 1 N–H and O–H groups in total. The number of ether oxygens (including phenoxy) is 3. The van der Waals surface area contributed by atoms with Gasteiger partial charge in [-0.2, -0.15) is 0 Å². The Labute approximate surface area is 176 Å². The van der Waals surface area contributed by atoms with E-state index in [-0.39, 0.29) is 12.6 Å². The van der Waals surface area contributed by atoms with Gasteiger partial charge in [-0.15, -0.1) is 0 Å². The lowest BCUT2D eigenvalue weighted by Gasteiger charge is -2.14. The Bertz CT molecular complexity index is 1030. The number of carbonyl (C=O) groups excluding carboxylic acids is 1. The number of benzene rings is 2.